The van der Waals surface area contributed by atoms with Gasteiger partial charge in [0.25, 0.3) is 0 Å². The van der Waals surface area contributed by atoms with Gasteiger partial charge in [-0.05, 0) is 86.0 Å². The number of fused-ring (bicyclic) bond motifs is 7. The molecule has 0 fully saturated rings. The predicted octanol–water partition coefficient (Wildman–Crippen LogP) is 12.3. The van der Waals surface area contributed by atoms with Crippen LogP contribution in [0, 0.1) is 0 Å². The summed E-state index contributed by atoms with van der Waals surface area (Å²) in [7, 11) is 0. The Balaban J connectivity index is 1.29. The molecule has 0 saturated carbocycles. The summed E-state index contributed by atoms with van der Waals surface area (Å²) in [5, 5.41) is 2.56. The van der Waals surface area contributed by atoms with E-state index in [9.17, 15) is 0 Å². The summed E-state index contributed by atoms with van der Waals surface area (Å²) in [4.78, 5) is 0. The van der Waals surface area contributed by atoms with Crippen LogP contribution in [0.5, 0.6) is 11.5 Å². The molecule has 1 aliphatic carbocycles. The number of rotatable bonds is 4. The number of para-hydroxylation sites is 1. The normalized spacial score (nSPS) is 16.5. The summed E-state index contributed by atoms with van der Waals surface area (Å²) >= 11 is 0. The molecule has 1 heterocycles. The largest absolute Gasteiger partial charge is 0.457 e. The maximum absolute atomic E-state index is 6.84. The van der Waals surface area contributed by atoms with Crippen LogP contribution in [-0.4, -0.2) is 0 Å². The van der Waals surface area contributed by atoms with Crippen LogP contribution in [0.4, 0.5) is 0 Å². The maximum atomic E-state index is 6.84. The third-order valence-electron chi connectivity index (χ3n) is 11.3. The van der Waals surface area contributed by atoms with Gasteiger partial charge in [0.2, 0.25) is 0 Å². The standard InChI is InChI=1S/C49H34O/c1-48(35-17-5-2-6-18-35)42-31-29-33-16-11-12-23-38(33)46(42)40-30-28-34(32-43(40)48)39-24-15-27-45-47(39)49(36-19-7-3-8-20-36,37-21-9-4-10-22-37)41-25-13-14-26-44(41)50-45/h2-32H,1H3. The van der Waals surface area contributed by atoms with Crippen molar-refractivity contribution in [2.45, 2.75) is 17.8 Å². The monoisotopic (exact) mass is 638 g/mol. The summed E-state index contributed by atoms with van der Waals surface area (Å²) in [6, 6.07) is 68.7. The van der Waals surface area contributed by atoms with Gasteiger partial charge in [0, 0.05) is 16.5 Å². The SMILES string of the molecule is CC1(c2ccccc2)c2cc(-c3cccc4c3C(c3ccccc3)(c3ccccc3)c3ccccc3O4)ccc2-c2c1ccc1ccccc21. The molecule has 0 amide bonds. The molecule has 1 unspecified atom stereocenters. The van der Waals surface area contributed by atoms with E-state index in [2.05, 4.69) is 195 Å². The highest BCUT2D eigenvalue weighted by molar-refractivity contribution is 6.03. The molecule has 1 aliphatic heterocycles. The van der Waals surface area contributed by atoms with Gasteiger partial charge in [-0.3, -0.25) is 0 Å². The molecule has 1 heteroatoms. The summed E-state index contributed by atoms with van der Waals surface area (Å²) in [6.07, 6.45) is 0. The number of benzene rings is 8. The number of hydrogen-bond acceptors (Lipinski definition) is 1. The highest BCUT2D eigenvalue weighted by atomic mass is 16.5. The van der Waals surface area contributed by atoms with Gasteiger partial charge in [0.05, 0.1) is 5.41 Å². The zero-order valence-corrected chi connectivity index (χ0v) is 27.8. The lowest BCUT2D eigenvalue weighted by Crippen LogP contribution is -2.34. The first-order chi connectivity index (χ1) is 24.7. The molecule has 1 nitrogen and oxygen atoms in total. The summed E-state index contributed by atoms with van der Waals surface area (Å²) in [6.45, 7) is 2.41. The van der Waals surface area contributed by atoms with Crippen molar-refractivity contribution >= 4 is 10.8 Å². The fraction of sp³-hybridized carbons (Fsp3) is 0.0612. The quantitative estimate of drug-likeness (QED) is 0.186. The Morgan fingerprint density at radius 3 is 1.78 bits per heavy atom. The molecular formula is C49H34O. The van der Waals surface area contributed by atoms with Gasteiger partial charge in [-0.2, -0.15) is 0 Å². The van der Waals surface area contributed by atoms with Gasteiger partial charge >= 0.3 is 0 Å². The molecule has 0 radical (unpaired) electrons. The molecule has 2 aliphatic rings. The average Bonchev–Trinajstić information content (AvgIpc) is 3.46. The summed E-state index contributed by atoms with van der Waals surface area (Å²) < 4.78 is 6.84. The molecule has 0 saturated heterocycles. The Morgan fingerprint density at radius 1 is 0.420 bits per heavy atom. The second-order valence-electron chi connectivity index (χ2n) is 13.7. The second-order valence-corrected chi connectivity index (χ2v) is 13.7. The van der Waals surface area contributed by atoms with Crippen molar-refractivity contribution in [3.8, 4) is 33.8 Å². The van der Waals surface area contributed by atoms with E-state index in [1.807, 2.05) is 0 Å². The van der Waals surface area contributed by atoms with Crippen molar-refractivity contribution in [3.05, 3.63) is 227 Å². The van der Waals surface area contributed by atoms with Gasteiger partial charge in [-0.1, -0.05) is 170 Å². The minimum absolute atomic E-state index is 0.333. The van der Waals surface area contributed by atoms with Gasteiger partial charge in [0.15, 0.2) is 0 Å². The number of hydrogen-bond donors (Lipinski definition) is 0. The van der Waals surface area contributed by atoms with Crippen LogP contribution in [0.2, 0.25) is 0 Å². The fourth-order valence-electron chi connectivity index (χ4n) is 9.05. The Labute approximate surface area is 293 Å². The minimum Gasteiger partial charge on any atom is -0.457 e. The fourth-order valence-corrected chi connectivity index (χ4v) is 9.05. The molecule has 8 aromatic rings. The Morgan fingerprint density at radius 2 is 1.04 bits per heavy atom. The Kier molecular flexibility index (Phi) is 6.29. The first-order valence-electron chi connectivity index (χ1n) is 17.4. The molecule has 50 heavy (non-hydrogen) atoms. The molecule has 1 atom stereocenters. The van der Waals surface area contributed by atoms with E-state index in [0.29, 0.717) is 0 Å². The van der Waals surface area contributed by atoms with E-state index in [4.69, 9.17) is 4.74 Å². The van der Waals surface area contributed by atoms with Crippen molar-refractivity contribution < 1.29 is 4.74 Å². The Hall–Kier alpha value is -6.18. The van der Waals surface area contributed by atoms with E-state index in [-0.39, 0.29) is 5.41 Å². The summed E-state index contributed by atoms with van der Waals surface area (Å²) in [5.41, 5.74) is 12.8. The maximum Gasteiger partial charge on any atom is 0.132 e. The van der Waals surface area contributed by atoms with Gasteiger partial charge in [-0.15, -0.1) is 0 Å². The third kappa shape index (κ3) is 3.89. The molecule has 10 rings (SSSR count). The minimum atomic E-state index is -0.607. The predicted molar refractivity (Wildman–Crippen MR) is 205 cm³/mol. The molecule has 8 aromatic carbocycles. The van der Waals surface area contributed by atoms with Gasteiger partial charge in [0.1, 0.15) is 11.5 Å². The van der Waals surface area contributed by atoms with Crippen LogP contribution in [-0.2, 0) is 10.8 Å². The third-order valence-corrected chi connectivity index (χ3v) is 11.3. The van der Waals surface area contributed by atoms with Crippen molar-refractivity contribution in [1.29, 1.82) is 0 Å². The molecular weight excluding hydrogens is 605 g/mol. The van der Waals surface area contributed by atoms with E-state index in [1.165, 1.54) is 66.4 Å². The molecule has 236 valence electrons. The second kappa shape index (κ2) is 10.9. The van der Waals surface area contributed by atoms with Crippen molar-refractivity contribution in [3.63, 3.8) is 0 Å². The molecule has 0 N–H and O–H groups in total. The van der Waals surface area contributed by atoms with Crippen LogP contribution in [0.15, 0.2) is 188 Å². The van der Waals surface area contributed by atoms with Crippen LogP contribution in [0.25, 0.3) is 33.0 Å². The van der Waals surface area contributed by atoms with Crippen LogP contribution >= 0.6 is 0 Å². The van der Waals surface area contributed by atoms with Gasteiger partial charge < -0.3 is 4.74 Å². The number of ether oxygens (including phenoxy) is 1. The lowest BCUT2D eigenvalue weighted by Gasteiger charge is -2.42. The molecule has 0 spiro atoms. The van der Waals surface area contributed by atoms with Crippen LogP contribution in [0.3, 0.4) is 0 Å². The molecule has 0 bridgehead atoms. The van der Waals surface area contributed by atoms with Crippen molar-refractivity contribution in [2.24, 2.45) is 0 Å². The van der Waals surface area contributed by atoms with Crippen molar-refractivity contribution in [1.82, 2.24) is 0 Å². The first-order valence-corrected chi connectivity index (χ1v) is 17.4. The zero-order valence-electron chi connectivity index (χ0n) is 27.8. The van der Waals surface area contributed by atoms with E-state index >= 15 is 0 Å². The van der Waals surface area contributed by atoms with Crippen LogP contribution in [0.1, 0.15) is 45.9 Å². The lowest BCUT2D eigenvalue weighted by atomic mass is 9.62. The highest BCUT2D eigenvalue weighted by Crippen LogP contribution is 2.59. The van der Waals surface area contributed by atoms with Crippen LogP contribution < -0.4 is 4.74 Å². The van der Waals surface area contributed by atoms with Crippen molar-refractivity contribution in [2.75, 3.05) is 0 Å². The average molecular weight is 639 g/mol. The first kappa shape index (κ1) is 28.8. The Bertz CT molecular complexity index is 2530. The van der Waals surface area contributed by atoms with Gasteiger partial charge in [-0.25, -0.2) is 0 Å². The summed E-state index contributed by atoms with van der Waals surface area (Å²) in [5.74, 6) is 1.77. The molecule has 0 aromatic heterocycles. The highest BCUT2D eigenvalue weighted by Gasteiger charge is 2.47. The topological polar surface area (TPSA) is 9.23 Å². The lowest BCUT2D eigenvalue weighted by molar-refractivity contribution is 0.435. The van der Waals surface area contributed by atoms with E-state index < -0.39 is 5.41 Å². The van der Waals surface area contributed by atoms with E-state index in [1.54, 1.807) is 0 Å². The zero-order chi connectivity index (χ0) is 33.3. The van der Waals surface area contributed by atoms with E-state index in [0.717, 1.165) is 17.1 Å². The smallest absolute Gasteiger partial charge is 0.132 e.